The molecular weight excluding hydrogens is 242 g/mol. The van der Waals surface area contributed by atoms with Crippen molar-refractivity contribution in [2.75, 3.05) is 0 Å². The van der Waals surface area contributed by atoms with Crippen molar-refractivity contribution in [1.82, 2.24) is 5.32 Å². The van der Waals surface area contributed by atoms with Gasteiger partial charge in [-0.05, 0) is 18.1 Å². The molecule has 3 heteroatoms. The van der Waals surface area contributed by atoms with E-state index in [4.69, 9.17) is 0 Å². The van der Waals surface area contributed by atoms with Gasteiger partial charge in [0.25, 0.3) is 0 Å². The van der Waals surface area contributed by atoms with Gasteiger partial charge in [-0.3, -0.25) is 4.79 Å². The van der Waals surface area contributed by atoms with E-state index in [-0.39, 0.29) is 5.91 Å². The molecule has 0 radical (unpaired) electrons. The van der Waals surface area contributed by atoms with E-state index in [0.717, 1.165) is 16.5 Å². The predicted molar refractivity (Wildman–Crippen MR) is 60.9 cm³/mol. The fourth-order valence-electron chi connectivity index (χ4n) is 1.15. The summed E-state index contributed by atoms with van der Waals surface area (Å²) in [5.74, 6) is 0.114. The molecule has 1 N–H and O–H groups in total. The minimum absolute atomic E-state index is 0.114. The summed E-state index contributed by atoms with van der Waals surface area (Å²) in [6.45, 7) is 2.60. The largest absolute Gasteiger partial charge is 0.352 e. The Morgan fingerprint density at radius 2 is 2.14 bits per heavy atom. The lowest BCUT2D eigenvalue weighted by molar-refractivity contribution is -0.121. The topological polar surface area (TPSA) is 29.1 Å². The van der Waals surface area contributed by atoms with Crippen molar-refractivity contribution in [2.45, 2.75) is 26.3 Å². The van der Waals surface area contributed by atoms with Crippen LogP contribution in [0.4, 0.5) is 0 Å². The smallest absolute Gasteiger partial charge is 0.220 e. The number of rotatable bonds is 4. The number of halogens is 1. The molecule has 1 aromatic carbocycles. The van der Waals surface area contributed by atoms with Crippen LogP contribution in [0.2, 0.25) is 0 Å². The monoisotopic (exact) mass is 255 g/mol. The van der Waals surface area contributed by atoms with E-state index in [2.05, 4.69) is 21.2 Å². The number of carbonyl (C=O) groups excluding carboxylic acids is 1. The molecule has 0 aromatic heterocycles. The van der Waals surface area contributed by atoms with Crippen LogP contribution in [0.1, 0.15) is 25.3 Å². The highest BCUT2D eigenvalue weighted by molar-refractivity contribution is 9.10. The van der Waals surface area contributed by atoms with Gasteiger partial charge >= 0.3 is 0 Å². The van der Waals surface area contributed by atoms with Crippen LogP contribution in [-0.2, 0) is 11.3 Å². The zero-order chi connectivity index (χ0) is 10.4. The number of hydrogen-bond donors (Lipinski definition) is 1. The Kier molecular flexibility index (Phi) is 4.66. The van der Waals surface area contributed by atoms with Crippen molar-refractivity contribution < 1.29 is 4.79 Å². The molecule has 0 saturated heterocycles. The van der Waals surface area contributed by atoms with Crippen LogP contribution in [0.15, 0.2) is 28.7 Å². The molecule has 0 unspecified atom stereocenters. The molecule has 1 rings (SSSR count). The van der Waals surface area contributed by atoms with Crippen molar-refractivity contribution in [1.29, 1.82) is 0 Å². The standard InChI is InChI=1S/C11H14BrNO/c1-2-5-11(14)13-8-9-6-3-4-7-10(9)12/h3-4,6-7H,2,5,8H2,1H3,(H,13,14). The number of benzene rings is 1. The number of hydrogen-bond acceptors (Lipinski definition) is 1. The normalized spacial score (nSPS) is 9.86. The minimum atomic E-state index is 0.114. The molecule has 0 aliphatic carbocycles. The van der Waals surface area contributed by atoms with Gasteiger partial charge in [-0.15, -0.1) is 0 Å². The van der Waals surface area contributed by atoms with Gasteiger partial charge in [-0.2, -0.15) is 0 Å². The maximum atomic E-state index is 11.2. The lowest BCUT2D eigenvalue weighted by Gasteiger charge is -2.05. The molecule has 1 amide bonds. The molecule has 2 nitrogen and oxygen atoms in total. The first kappa shape index (κ1) is 11.2. The summed E-state index contributed by atoms with van der Waals surface area (Å²) < 4.78 is 1.04. The summed E-state index contributed by atoms with van der Waals surface area (Å²) in [6.07, 6.45) is 1.49. The maximum absolute atomic E-state index is 11.2. The first-order valence-electron chi connectivity index (χ1n) is 4.74. The van der Waals surface area contributed by atoms with E-state index >= 15 is 0 Å². The molecule has 1 aromatic rings. The quantitative estimate of drug-likeness (QED) is 0.881. The Morgan fingerprint density at radius 3 is 2.79 bits per heavy atom. The average molecular weight is 256 g/mol. The van der Waals surface area contributed by atoms with Gasteiger partial charge in [0.2, 0.25) is 5.91 Å². The highest BCUT2D eigenvalue weighted by atomic mass is 79.9. The molecular formula is C11H14BrNO. The zero-order valence-electron chi connectivity index (χ0n) is 8.22. The first-order valence-corrected chi connectivity index (χ1v) is 5.53. The third-order valence-corrected chi connectivity index (χ3v) is 2.68. The summed E-state index contributed by atoms with van der Waals surface area (Å²) >= 11 is 3.43. The van der Waals surface area contributed by atoms with Crippen LogP contribution >= 0.6 is 15.9 Å². The van der Waals surface area contributed by atoms with Gasteiger partial charge in [0.05, 0.1) is 0 Å². The average Bonchev–Trinajstić information content (AvgIpc) is 2.17. The van der Waals surface area contributed by atoms with E-state index in [0.29, 0.717) is 13.0 Å². The summed E-state index contributed by atoms with van der Waals surface area (Å²) in [5, 5.41) is 2.87. The van der Waals surface area contributed by atoms with E-state index in [1.165, 1.54) is 0 Å². The molecule has 14 heavy (non-hydrogen) atoms. The van der Waals surface area contributed by atoms with Gasteiger partial charge in [0, 0.05) is 17.4 Å². The van der Waals surface area contributed by atoms with Crippen LogP contribution in [-0.4, -0.2) is 5.91 Å². The van der Waals surface area contributed by atoms with E-state index in [9.17, 15) is 4.79 Å². The fourth-order valence-corrected chi connectivity index (χ4v) is 1.58. The Hall–Kier alpha value is -0.830. The molecule has 0 fully saturated rings. The Labute approximate surface area is 92.8 Å². The lowest BCUT2D eigenvalue weighted by atomic mass is 10.2. The number of nitrogens with one attached hydrogen (secondary N) is 1. The molecule has 0 bridgehead atoms. The molecule has 76 valence electrons. The van der Waals surface area contributed by atoms with Gasteiger partial charge in [0.1, 0.15) is 0 Å². The Morgan fingerprint density at radius 1 is 1.43 bits per heavy atom. The molecule has 0 saturated carbocycles. The second-order valence-electron chi connectivity index (χ2n) is 3.12. The van der Waals surface area contributed by atoms with Crippen LogP contribution in [0.25, 0.3) is 0 Å². The minimum Gasteiger partial charge on any atom is -0.352 e. The maximum Gasteiger partial charge on any atom is 0.220 e. The molecule has 0 atom stereocenters. The van der Waals surface area contributed by atoms with Crippen molar-refractivity contribution in [3.63, 3.8) is 0 Å². The zero-order valence-corrected chi connectivity index (χ0v) is 9.80. The van der Waals surface area contributed by atoms with Crippen molar-refractivity contribution >= 4 is 21.8 Å². The molecule has 0 heterocycles. The van der Waals surface area contributed by atoms with Gasteiger partial charge in [-0.1, -0.05) is 41.1 Å². The van der Waals surface area contributed by atoms with Gasteiger partial charge < -0.3 is 5.32 Å². The Balaban J connectivity index is 2.46. The first-order chi connectivity index (χ1) is 6.74. The third kappa shape index (κ3) is 3.50. The highest BCUT2D eigenvalue weighted by Crippen LogP contribution is 2.15. The van der Waals surface area contributed by atoms with Crippen molar-refractivity contribution in [3.05, 3.63) is 34.3 Å². The number of carbonyl (C=O) groups is 1. The van der Waals surface area contributed by atoms with Crippen LogP contribution < -0.4 is 5.32 Å². The summed E-state index contributed by atoms with van der Waals surface area (Å²) in [5.41, 5.74) is 1.11. The third-order valence-electron chi connectivity index (χ3n) is 1.91. The molecule has 0 aliphatic rings. The predicted octanol–water partition coefficient (Wildman–Crippen LogP) is 2.87. The van der Waals surface area contributed by atoms with Crippen LogP contribution in [0, 0.1) is 0 Å². The summed E-state index contributed by atoms with van der Waals surface area (Å²) in [4.78, 5) is 11.2. The molecule has 0 spiro atoms. The summed E-state index contributed by atoms with van der Waals surface area (Å²) in [6, 6.07) is 7.89. The Bertz CT molecular complexity index is 312. The van der Waals surface area contributed by atoms with Crippen LogP contribution in [0.5, 0.6) is 0 Å². The fraction of sp³-hybridized carbons (Fsp3) is 0.364. The highest BCUT2D eigenvalue weighted by Gasteiger charge is 2.01. The lowest BCUT2D eigenvalue weighted by Crippen LogP contribution is -2.22. The second-order valence-corrected chi connectivity index (χ2v) is 3.97. The second kappa shape index (κ2) is 5.81. The van der Waals surface area contributed by atoms with Crippen molar-refractivity contribution in [2.24, 2.45) is 0 Å². The van der Waals surface area contributed by atoms with Gasteiger partial charge in [0.15, 0.2) is 0 Å². The SMILES string of the molecule is CCCC(=O)NCc1ccccc1Br. The number of amides is 1. The van der Waals surface area contributed by atoms with Gasteiger partial charge in [-0.25, -0.2) is 0 Å². The van der Waals surface area contributed by atoms with E-state index in [1.54, 1.807) is 0 Å². The van der Waals surface area contributed by atoms with E-state index in [1.807, 2.05) is 31.2 Å². The summed E-state index contributed by atoms with van der Waals surface area (Å²) in [7, 11) is 0. The van der Waals surface area contributed by atoms with Crippen molar-refractivity contribution in [3.8, 4) is 0 Å². The molecule has 0 aliphatic heterocycles. The van der Waals surface area contributed by atoms with Crippen LogP contribution in [0.3, 0.4) is 0 Å². The van der Waals surface area contributed by atoms with E-state index < -0.39 is 0 Å².